The Morgan fingerprint density at radius 1 is 0.968 bits per heavy atom. The molecular formula is C21H21BrClN3O5. The monoisotopic (exact) mass is 509 g/mol. The molecule has 2 rings (SSSR count). The fourth-order valence-electron chi connectivity index (χ4n) is 2.34. The normalized spacial score (nSPS) is 10.2. The van der Waals surface area contributed by atoms with Gasteiger partial charge in [0.1, 0.15) is 0 Å². The Balaban J connectivity index is 1.61. The second-order valence-electron chi connectivity index (χ2n) is 6.54. The lowest BCUT2D eigenvalue weighted by Gasteiger charge is -2.09. The molecule has 0 saturated heterocycles. The number of carbonyl (C=O) groups excluding carboxylic acids is 4. The Morgan fingerprint density at radius 2 is 1.68 bits per heavy atom. The average Bonchev–Trinajstić information content (AvgIpc) is 2.73. The average molecular weight is 511 g/mol. The molecule has 0 fully saturated rings. The molecule has 2 aromatic rings. The molecule has 0 aliphatic carbocycles. The molecule has 0 heterocycles. The number of nitrogens with one attached hydrogen (secondary N) is 3. The van der Waals surface area contributed by atoms with Gasteiger partial charge in [0.05, 0.1) is 0 Å². The molecule has 0 spiro atoms. The Labute approximate surface area is 192 Å². The highest BCUT2D eigenvalue weighted by atomic mass is 79.9. The second-order valence-corrected chi connectivity index (χ2v) is 7.86. The van der Waals surface area contributed by atoms with E-state index in [-0.39, 0.29) is 25.2 Å². The summed E-state index contributed by atoms with van der Waals surface area (Å²) >= 11 is 9.27. The number of hydrazine groups is 1. The van der Waals surface area contributed by atoms with Crippen LogP contribution in [0.15, 0.2) is 46.9 Å². The molecule has 0 aromatic heterocycles. The predicted molar refractivity (Wildman–Crippen MR) is 119 cm³/mol. The number of amides is 3. The standard InChI is InChI=1S/C21H21BrClN3O5/c1-13-5-10-16(11-17(13)23)24-18(27)3-2-4-20(29)31-12-19(28)25-26-21(30)14-6-8-15(22)9-7-14/h5-11H,2-4,12H2,1H3,(H,24,27)(H,25,28)(H,26,30). The Hall–Kier alpha value is -2.91. The molecule has 0 aliphatic rings. The van der Waals surface area contributed by atoms with Crippen LogP contribution in [-0.4, -0.2) is 30.3 Å². The zero-order valence-electron chi connectivity index (χ0n) is 16.7. The van der Waals surface area contributed by atoms with Crippen molar-refractivity contribution in [3.05, 3.63) is 63.1 Å². The van der Waals surface area contributed by atoms with Gasteiger partial charge in [-0.2, -0.15) is 0 Å². The summed E-state index contributed by atoms with van der Waals surface area (Å²) in [6, 6.07) is 11.7. The van der Waals surface area contributed by atoms with Crippen LogP contribution in [0.25, 0.3) is 0 Å². The van der Waals surface area contributed by atoms with Gasteiger partial charge < -0.3 is 10.1 Å². The van der Waals surface area contributed by atoms with Crippen LogP contribution in [0.5, 0.6) is 0 Å². The maximum atomic E-state index is 11.9. The fourth-order valence-corrected chi connectivity index (χ4v) is 2.79. The highest BCUT2D eigenvalue weighted by molar-refractivity contribution is 9.10. The highest BCUT2D eigenvalue weighted by Gasteiger charge is 2.11. The predicted octanol–water partition coefficient (Wildman–Crippen LogP) is 3.52. The Bertz CT molecular complexity index is 966. The molecule has 31 heavy (non-hydrogen) atoms. The van der Waals surface area contributed by atoms with Crippen molar-refractivity contribution in [1.29, 1.82) is 0 Å². The summed E-state index contributed by atoms with van der Waals surface area (Å²) in [5.74, 6) is -2.08. The van der Waals surface area contributed by atoms with Gasteiger partial charge in [-0.15, -0.1) is 0 Å². The molecule has 0 unspecified atom stereocenters. The first-order valence-corrected chi connectivity index (χ1v) is 10.5. The first kappa shape index (κ1) is 24.4. The van der Waals surface area contributed by atoms with E-state index in [0.717, 1.165) is 10.0 Å². The van der Waals surface area contributed by atoms with Gasteiger partial charge in [0.2, 0.25) is 5.91 Å². The number of halogens is 2. The number of aryl methyl sites for hydroxylation is 1. The van der Waals surface area contributed by atoms with E-state index in [1.54, 1.807) is 42.5 Å². The van der Waals surface area contributed by atoms with Crippen molar-refractivity contribution in [1.82, 2.24) is 10.9 Å². The van der Waals surface area contributed by atoms with E-state index < -0.39 is 24.4 Å². The number of hydrogen-bond donors (Lipinski definition) is 3. The van der Waals surface area contributed by atoms with Crippen LogP contribution in [0.2, 0.25) is 5.02 Å². The van der Waals surface area contributed by atoms with Crippen LogP contribution in [0.1, 0.15) is 35.2 Å². The topological polar surface area (TPSA) is 114 Å². The number of anilines is 1. The lowest BCUT2D eigenvalue weighted by Crippen LogP contribution is -2.43. The summed E-state index contributed by atoms with van der Waals surface area (Å²) in [5.41, 5.74) is 6.21. The zero-order chi connectivity index (χ0) is 22.8. The first-order chi connectivity index (χ1) is 14.7. The molecule has 164 valence electrons. The van der Waals surface area contributed by atoms with Gasteiger partial charge in [0.25, 0.3) is 11.8 Å². The summed E-state index contributed by atoms with van der Waals surface area (Å²) in [7, 11) is 0. The molecule has 8 nitrogen and oxygen atoms in total. The molecule has 10 heteroatoms. The van der Waals surface area contributed by atoms with Crippen molar-refractivity contribution in [2.24, 2.45) is 0 Å². The molecule has 2 aromatic carbocycles. The minimum Gasteiger partial charge on any atom is -0.455 e. The lowest BCUT2D eigenvalue weighted by atomic mass is 10.2. The van der Waals surface area contributed by atoms with Crippen LogP contribution in [0.4, 0.5) is 5.69 Å². The van der Waals surface area contributed by atoms with Crippen molar-refractivity contribution in [3.8, 4) is 0 Å². The number of benzene rings is 2. The third kappa shape index (κ3) is 8.77. The molecular weight excluding hydrogens is 490 g/mol. The maximum absolute atomic E-state index is 11.9. The van der Waals surface area contributed by atoms with Gasteiger partial charge in [0.15, 0.2) is 6.61 Å². The first-order valence-electron chi connectivity index (χ1n) is 9.31. The van der Waals surface area contributed by atoms with Crippen LogP contribution >= 0.6 is 27.5 Å². The maximum Gasteiger partial charge on any atom is 0.306 e. The summed E-state index contributed by atoms with van der Waals surface area (Å²) < 4.78 is 5.65. The van der Waals surface area contributed by atoms with Crippen LogP contribution in [0, 0.1) is 6.92 Å². The van der Waals surface area contributed by atoms with E-state index in [1.807, 2.05) is 6.92 Å². The molecule has 0 atom stereocenters. The number of hydrogen-bond acceptors (Lipinski definition) is 5. The third-order valence-electron chi connectivity index (χ3n) is 4.03. The molecule has 0 saturated carbocycles. The van der Waals surface area contributed by atoms with Gasteiger partial charge >= 0.3 is 5.97 Å². The zero-order valence-corrected chi connectivity index (χ0v) is 19.0. The van der Waals surface area contributed by atoms with E-state index in [2.05, 4.69) is 32.1 Å². The van der Waals surface area contributed by atoms with Crippen LogP contribution in [0.3, 0.4) is 0 Å². The second kappa shape index (κ2) is 12.1. The fraction of sp³-hybridized carbons (Fsp3) is 0.238. The number of carbonyl (C=O) groups is 4. The van der Waals surface area contributed by atoms with Gasteiger partial charge in [-0.05, 0) is 55.3 Å². The van der Waals surface area contributed by atoms with Crippen LogP contribution < -0.4 is 16.2 Å². The molecule has 0 radical (unpaired) electrons. The largest absolute Gasteiger partial charge is 0.455 e. The van der Waals surface area contributed by atoms with E-state index in [9.17, 15) is 19.2 Å². The van der Waals surface area contributed by atoms with Gasteiger partial charge in [-0.25, -0.2) is 0 Å². The lowest BCUT2D eigenvalue weighted by molar-refractivity contribution is -0.148. The van der Waals surface area contributed by atoms with Crippen molar-refractivity contribution in [2.75, 3.05) is 11.9 Å². The number of ether oxygens (including phenoxy) is 1. The molecule has 0 bridgehead atoms. The third-order valence-corrected chi connectivity index (χ3v) is 4.96. The summed E-state index contributed by atoms with van der Waals surface area (Å²) in [5, 5.41) is 3.24. The molecule has 3 N–H and O–H groups in total. The van der Waals surface area contributed by atoms with Gasteiger partial charge in [0, 0.05) is 33.6 Å². The minimum absolute atomic E-state index is 0.0272. The van der Waals surface area contributed by atoms with Crippen molar-refractivity contribution in [3.63, 3.8) is 0 Å². The van der Waals surface area contributed by atoms with Crippen LogP contribution in [-0.2, 0) is 19.1 Å². The van der Waals surface area contributed by atoms with Gasteiger partial charge in [-0.3, -0.25) is 30.0 Å². The Kier molecular flexibility index (Phi) is 9.48. The van der Waals surface area contributed by atoms with Gasteiger partial charge in [-0.1, -0.05) is 33.6 Å². The van der Waals surface area contributed by atoms with Crippen molar-refractivity contribution < 1.29 is 23.9 Å². The summed E-state index contributed by atoms with van der Waals surface area (Å²) in [6.07, 6.45) is 0.336. The van der Waals surface area contributed by atoms with Crippen molar-refractivity contribution in [2.45, 2.75) is 26.2 Å². The number of esters is 1. The summed E-state index contributed by atoms with van der Waals surface area (Å²) in [4.78, 5) is 47.2. The van der Waals surface area contributed by atoms with Crippen molar-refractivity contribution >= 4 is 56.9 Å². The highest BCUT2D eigenvalue weighted by Crippen LogP contribution is 2.20. The smallest absolute Gasteiger partial charge is 0.306 e. The minimum atomic E-state index is -0.687. The SMILES string of the molecule is Cc1ccc(NC(=O)CCCC(=O)OCC(=O)NNC(=O)c2ccc(Br)cc2)cc1Cl. The van der Waals surface area contributed by atoms with E-state index >= 15 is 0 Å². The Morgan fingerprint density at radius 3 is 2.35 bits per heavy atom. The van der Waals surface area contributed by atoms with E-state index in [4.69, 9.17) is 16.3 Å². The van der Waals surface area contributed by atoms with E-state index in [1.165, 1.54) is 0 Å². The molecule has 0 aliphatic heterocycles. The quantitative estimate of drug-likeness (QED) is 0.371. The summed E-state index contributed by atoms with van der Waals surface area (Å²) in [6.45, 7) is 1.31. The van der Waals surface area contributed by atoms with E-state index in [0.29, 0.717) is 16.3 Å². The molecule has 3 amide bonds. The number of rotatable bonds is 8.